The number of amides is 1. The van der Waals surface area contributed by atoms with E-state index in [1.54, 1.807) is 24.2 Å². The Bertz CT molecular complexity index is 588. The van der Waals surface area contributed by atoms with Crippen molar-refractivity contribution >= 4 is 12.0 Å². The molecule has 0 fully saturated rings. The first-order valence-electron chi connectivity index (χ1n) is 6.54. The number of pyridine rings is 1. The van der Waals surface area contributed by atoms with Crippen LogP contribution in [0.4, 0.5) is 0 Å². The third-order valence-corrected chi connectivity index (χ3v) is 2.96. The molecule has 0 aromatic carbocycles. The van der Waals surface area contributed by atoms with Gasteiger partial charge in [-0.15, -0.1) is 0 Å². The van der Waals surface area contributed by atoms with Gasteiger partial charge in [-0.3, -0.25) is 9.78 Å². The topological polar surface area (TPSA) is 46.3 Å². The molecule has 0 radical (unpaired) electrons. The second-order valence-corrected chi connectivity index (χ2v) is 4.61. The lowest BCUT2D eigenvalue weighted by atomic mass is 10.2. The molecule has 0 N–H and O–H groups in total. The van der Waals surface area contributed by atoms with Crippen molar-refractivity contribution in [1.82, 2.24) is 9.88 Å². The smallest absolute Gasteiger partial charge is 0.246 e. The Morgan fingerprint density at radius 2 is 2.20 bits per heavy atom. The molecular formula is C16H18N2O2. The molecule has 0 saturated heterocycles. The molecule has 0 saturated carbocycles. The number of furan rings is 1. The molecule has 0 aliphatic heterocycles. The van der Waals surface area contributed by atoms with E-state index in [0.717, 1.165) is 17.9 Å². The van der Waals surface area contributed by atoms with E-state index in [0.29, 0.717) is 12.3 Å². The van der Waals surface area contributed by atoms with Crippen LogP contribution in [0.25, 0.3) is 6.08 Å². The van der Waals surface area contributed by atoms with Gasteiger partial charge in [0.15, 0.2) is 0 Å². The number of rotatable bonds is 5. The van der Waals surface area contributed by atoms with E-state index in [4.69, 9.17) is 4.42 Å². The molecule has 0 unspecified atom stereocenters. The van der Waals surface area contributed by atoms with Crippen LogP contribution >= 0.6 is 0 Å². The van der Waals surface area contributed by atoms with Gasteiger partial charge >= 0.3 is 0 Å². The predicted molar refractivity (Wildman–Crippen MR) is 78.1 cm³/mol. The first kappa shape index (κ1) is 14.1. The van der Waals surface area contributed by atoms with Crippen molar-refractivity contribution in [3.8, 4) is 0 Å². The monoisotopic (exact) mass is 270 g/mol. The number of aromatic nitrogens is 1. The first-order valence-corrected chi connectivity index (χ1v) is 6.54. The van der Waals surface area contributed by atoms with Gasteiger partial charge in [0, 0.05) is 38.0 Å². The number of likely N-dealkylation sites (N-methyl/N-ethyl adjacent to an activating group) is 1. The molecule has 2 heterocycles. The van der Waals surface area contributed by atoms with Crippen molar-refractivity contribution in [3.63, 3.8) is 0 Å². The maximum absolute atomic E-state index is 11.9. The molecule has 20 heavy (non-hydrogen) atoms. The molecule has 4 nitrogen and oxygen atoms in total. The van der Waals surface area contributed by atoms with Gasteiger partial charge in [0.2, 0.25) is 5.91 Å². The highest BCUT2D eigenvalue weighted by Gasteiger charge is 2.05. The molecular weight excluding hydrogens is 252 g/mol. The van der Waals surface area contributed by atoms with Crippen LogP contribution in [0.3, 0.4) is 0 Å². The van der Waals surface area contributed by atoms with Gasteiger partial charge in [0.25, 0.3) is 0 Å². The van der Waals surface area contributed by atoms with Crippen LogP contribution in [0.1, 0.15) is 17.2 Å². The van der Waals surface area contributed by atoms with Gasteiger partial charge in [-0.05, 0) is 37.3 Å². The van der Waals surface area contributed by atoms with Crippen LogP contribution in [-0.4, -0.2) is 29.4 Å². The average molecular weight is 270 g/mol. The molecule has 4 heteroatoms. The predicted octanol–water partition coefficient (Wildman–Crippen LogP) is 2.70. The van der Waals surface area contributed by atoms with E-state index >= 15 is 0 Å². The highest BCUT2D eigenvalue weighted by molar-refractivity contribution is 5.91. The minimum Gasteiger partial charge on any atom is -0.462 e. The quantitative estimate of drug-likeness (QED) is 0.785. The second-order valence-electron chi connectivity index (χ2n) is 4.61. The largest absolute Gasteiger partial charge is 0.462 e. The number of carbonyl (C=O) groups is 1. The zero-order valence-electron chi connectivity index (χ0n) is 11.7. The summed E-state index contributed by atoms with van der Waals surface area (Å²) < 4.78 is 5.38. The Kier molecular flexibility index (Phi) is 4.71. The van der Waals surface area contributed by atoms with E-state index in [1.807, 2.05) is 37.3 Å². The Morgan fingerprint density at radius 1 is 1.35 bits per heavy atom. The number of hydrogen-bond acceptors (Lipinski definition) is 3. The summed E-state index contributed by atoms with van der Waals surface area (Å²) in [6, 6.07) is 9.50. The number of hydrogen-bond donors (Lipinski definition) is 0. The third-order valence-electron chi connectivity index (χ3n) is 2.96. The molecule has 2 aromatic heterocycles. The SMILES string of the molecule is Cc1ccc(C=CC(=O)N(C)CCc2ccccn2)o1. The summed E-state index contributed by atoms with van der Waals surface area (Å²) in [5.41, 5.74) is 0.984. The van der Waals surface area contributed by atoms with Crippen LogP contribution in [0.15, 0.2) is 47.0 Å². The van der Waals surface area contributed by atoms with Crippen molar-refractivity contribution in [2.45, 2.75) is 13.3 Å². The molecule has 2 rings (SSSR count). The first-order chi connectivity index (χ1) is 9.65. The second kappa shape index (κ2) is 6.70. The lowest BCUT2D eigenvalue weighted by Gasteiger charge is -2.14. The highest BCUT2D eigenvalue weighted by atomic mass is 16.3. The lowest BCUT2D eigenvalue weighted by Crippen LogP contribution is -2.27. The Balaban J connectivity index is 1.84. The Hall–Kier alpha value is -2.36. The summed E-state index contributed by atoms with van der Waals surface area (Å²) >= 11 is 0. The van der Waals surface area contributed by atoms with E-state index in [1.165, 1.54) is 6.08 Å². The molecule has 0 aliphatic rings. The van der Waals surface area contributed by atoms with E-state index in [-0.39, 0.29) is 5.91 Å². The third kappa shape index (κ3) is 4.09. The normalized spacial score (nSPS) is 10.9. The Morgan fingerprint density at radius 3 is 2.85 bits per heavy atom. The maximum Gasteiger partial charge on any atom is 0.246 e. The minimum atomic E-state index is -0.0463. The molecule has 0 aliphatic carbocycles. The van der Waals surface area contributed by atoms with E-state index in [9.17, 15) is 4.79 Å². The van der Waals surface area contributed by atoms with Gasteiger partial charge in [0.1, 0.15) is 11.5 Å². The molecule has 0 bridgehead atoms. The van der Waals surface area contributed by atoms with E-state index < -0.39 is 0 Å². The van der Waals surface area contributed by atoms with Crippen LogP contribution < -0.4 is 0 Å². The fraction of sp³-hybridized carbons (Fsp3) is 0.250. The number of carbonyl (C=O) groups excluding carboxylic acids is 1. The molecule has 1 amide bonds. The summed E-state index contributed by atoms with van der Waals surface area (Å²) in [6.07, 6.45) is 5.72. The van der Waals surface area contributed by atoms with Gasteiger partial charge < -0.3 is 9.32 Å². The van der Waals surface area contributed by atoms with Crippen LogP contribution in [-0.2, 0) is 11.2 Å². The number of aryl methyl sites for hydroxylation is 1. The number of nitrogens with zero attached hydrogens (tertiary/aromatic N) is 2. The minimum absolute atomic E-state index is 0.0463. The standard InChI is InChI=1S/C16H18N2O2/c1-13-6-7-15(20-13)8-9-16(19)18(2)12-10-14-5-3-4-11-17-14/h3-9,11H,10,12H2,1-2H3. The average Bonchev–Trinajstić information content (AvgIpc) is 2.89. The summed E-state index contributed by atoms with van der Waals surface area (Å²) in [6.45, 7) is 2.51. The van der Waals surface area contributed by atoms with Crippen LogP contribution in [0.5, 0.6) is 0 Å². The lowest BCUT2D eigenvalue weighted by molar-refractivity contribution is -0.124. The van der Waals surface area contributed by atoms with Crippen molar-refractivity contribution in [2.24, 2.45) is 0 Å². The van der Waals surface area contributed by atoms with Gasteiger partial charge in [-0.25, -0.2) is 0 Å². The Labute approximate surface area is 118 Å². The fourth-order valence-corrected chi connectivity index (χ4v) is 1.76. The van der Waals surface area contributed by atoms with Crippen molar-refractivity contribution in [2.75, 3.05) is 13.6 Å². The summed E-state index contributed by atoms with van der Waals surface area (Å²) in [5, 5.41) is 0. The maximum atomic E-state index is 11.9. The van der Waals surface area contributed by atoms with Gasteiger partial charge in [-0.2, -0.15) is 0 Å². The zero-order valence-corrected chi connectivity index (χ0v) is 11.7. The molecule has 0 atom stereocenters. The summed E-state index contributed by atoms with van der Waals surface area (Å²) in [4.78, 5) is 17.8. The molecule has 2 aromatic rings. The summed E-state index contributed by atoms with van der Waals surface area (Å²) in [7, 11) is 1.78. The van der Waals surface area contributed by atoms with Gasteiger partial charge in [-0.1, -0.05) is 6.07 Å². The van der Waals surface area contributed by atoms with Crippen LogP contribution in [0, 0.1) is 6.92 Å². The van der Waals surface area contributed by atoms with E-state index in [2.05, 4.69) is 4.98 Å². The fourth-order valence-electron chi connectivity index (χ4n) is 1.76. The summed E-state index contributed by atoms with van der Waals surface area (Å²) in [5.74, 6) is 1.48. The highest BCUT2D eigenvalue weighted by Crippen LogP contribution is 2.08. The molecule has 0 spiro atoms. The van der Waals surface area contributed by atoms with Gasteiger partial charge in [0.05, 0.1) is 0 Å². The van der Waals surface area contributed by atoms with Crippen LogP contribution in [0.2, 0.25) is 0 Å². The zero-order chi connectivity index (χ0) is 14.4. The van der Waals surface area contributed by atoms with Crippen molar-refractivity contribution in [3.05, 3.63) is 59.8 Å². The van der Waals surface area contributed by atoms with Crippen molar-refractivity contribution < 1.29 is 9.21 Å². The molecule has 104 valence electrons. The van der Waals surface area contributed by atoms with Crippen molar-refractivity contribution in [1.29, 1.82) is 0 Å².